The maximum Gasteiger partial charge on any atom is 0.269 e. The van der Waals surface area contributed by atoms with Gasteiger partial charge >= 0.3 is 0 Å². The van der Waals surface area contributed by atoms with E-state index in [-0.39, 0.29) is 11.3 Å². The van der Waals surface area contributed by atoms with E-state index in [9.17, 15) is 35.0 Å². The average molecular weight is 342 g/mol. The zero-order valence-corrected chi connectivity index (χ0v) is 12.7. The molecule has 132 valence electrons. The number of aliphatic hydroxyl groups is 4. The van der Waals surface area contributed by atoms with Crippen LogP contribution in [0.25, 0.3) is 0 Å². The van der Waals surface area contributed by atoms with E-state index in [1.54, 1.807) is 0 Å². The van der Waals surface area contributed by atoms with E-state index in [2.05, 4.69) is 0 Å². The van der Waals surface area contributed by atoms with Crippen LogP contribution in [0.3, 0.4) is 0 Å². The van der Waals surface area contributed by atoms with Crippen molar-refractivity contribution in [2.75, 3.05) is 6.61 Å². The van der Waals surface area contributed by atoms with Gasteiger partial charge in [0.1, 0.15) is 23.9 Å². The molecule has 0 saturated heterocycles. The van der Waals surface area contributed by atoms with Crippen molar-refractivity contribution in [3.05, 3.63) is 39.9 Å². The van der Waals surface area contributed by atoms with Gasteiger partial charge in [0.15, 0.2) is 5.78 Å². The number of nitrogens with two attached hydrogens (primary N) is 1. The largest absolute Gasteiger partial charge is 0.394 e. The van der Waals surface area contributed by atoms with Gasteiger partial charge in [0.2, 0.25) is 5.78 Å². The van der Waals surface area contributed by atoms with Crippen LogP contribution >= 0.6 is 0 Å². The summed E-state index contributed by atoms with van der Waals surface area (Å²) in [5.74, 6) is -2.30. The highest BCUT2D eigenvalue weighted by atomic mass is 16.6. The van der Waals surface area contributed by atoms with Crippen LogP contribution in [0.15, 0.2) is 24.3 Å². The summed E-state index contributed by atoms with van der Waals surface area (Å²) in [6, 6.07) is 4.12. The second-order valence-electron chi connectivity index (χ2n) is 5.24. The van der Waals surface area contributed by atoms with Crippen LogP contribution in [0.2, 0.25) is 0 Å². The predicted octanol–water partition coefficient (Wildman–Crippen LogP) is -2.02. The monoisotopic (exact) mass is 342 g/mol. The summed E-state index contributed by atoms with van der Waals surface area (Å²) < 4.78 is 0. The van der Waals surface area contributed by atoms with Gasteiger partial charge in [-0.25, -0.2) is 0 Å². The Labute approximate surface area is 136 Å². The van der Waals surface area contributed by atoms with Gasteiger partial charge in [-0.05, 0) is 17.7 Å². The molecule has 0 aromatic heterocycles. The first-order chi connectivity index (χ1) is 11.1. The molecule has 0 aliphatic carbocycles. The maximum absolute atomic E-state index is 12.2. The number of carbonyl (C=O) groups is 2. The fourth-order valence-electron chi connectivity index (χ4n) is 2.17. The van der Waals surface area contributed by atoms with Gasteiger partial charge in [-0.1, -0.05) is 0 Å². The van der Waals surface area contributed by atoms with E-state index in [4.69, 9.17) is 10.8 Å². The molecule has 1 aromatic carbocycles. The van der Waals surface area contributed by atoms with Crippen molar-refractivity contribution in [3.8, 4) is 0 Å². The van der Waals surface area contributed by atoms with E-state index in [0.29, 0.717) is 0 Å². The molecule has 1 aromatic rings. The minimum absolute atomic E-state index is 0.176. The molecule has 0 fully saturated rings. The summed E-state index contributed by atoms with van der Waals surface area (Å²) >= 11 is 0. The first kappa shape index (κ1) is 19.8. The summed E-state index contributed by atoms with van der Waals surface area (Å²) in [7, 11) is 0. The second kappa shape index (κ2) is 7.55. The van der Waals surface area contributed by atoms with Crippen LogP contribution in [0.5, 0.6) is 0 Å². The third kappa shape index (κ3) is 3.63. The average Bonchev–Trinajstić information content (AvgIpc) is 2.58. The molecule has 1 rings (SSSR count). The number of ketones is 2. The lowest BCUT2D eigenvalue weighted by atomic mass is 9.77. The highest BCUT2D eigenvalue weighted by Crippen LogP contribution is 2.28. The van der Waals surface area contributed by atoms with Crippen LogP contribution in [-0.4, -0.2) is 61.8 Å². The molecule has 0 unspecified atom stereocenters. The Bertz CT molecular complexity index is 632. The first-order valence-corrected chi connectivity index (χ1v) is 6.81. The minimum Gasteiger partial charge on any atom is -0.394 e. The Balaban J connectivity index is 3.41. The molecule has 0 saturated carbocycles. The number of nitro benzene ring substituents is 1. The number of Topliss-reactive ketones (excluding diaryl/α,β-unsaturated/α-hetero) is 2. The van der Waals surface area contributed by atoms with E-state index in [1.165, 1.54) is 0 Å². The number of nitrogens with zero attached hydrogens (tertiary/aromatic N) is 1. The molecule has 0 aliphatic heterocycles. The van der Waals surface area contributed by atoms with E-state index in [0.717, 1.165) is 31.2 Å². The van der Waals surface area contributed by atoms with E-state index < -0.39 is 46.9 Å². The zero-order valence-electron chi connectivity index (χ0n) is 12.7. The summed E-state index contributed by atoms with van der Waals surface area (Å²) in [4.78, 5) is 33.7. The van der Waals surface area contributed by atoms with Gasteiger partial charge in [0.05, 0.1) is 11.5 Å². The number of carbonyl (C=O) groups excluding carboxylic acids is 2. The van der Waals surface area contributed by atoms with Gasteiger partial charge in [0.25, 0.3) is 5.69 Å². The Morgan fingerprint density at radius 2 is 1.75 bits per heavy atom. The molecular weight excluding hydrogens is 324 g/mol. The second-order valence-corrected chi connectivity index (χ2v) is 5.24. The first-order valence-electron chi connectivity index (χ1n) is 6.81. The summed E-state index contributed by atoms with van der Waals surface area (Å²) in [5, 5.41) is 49.0. The molecule has 10 nitrogen and oxygen atoms in total. The Morgan fingerprint density at radius 1 is 1.25 bits per heavy atom. The van der Waals surface area contributed by atoms with Gasteiger partial charge < -0.3 is 26.2 Å². The van der Waals surface area contributed by atoms with Crippen LogP contribution in [0, 0.1) is 10.1 Å². The number of benzene rings is 1. The molecular formula is C14H18N2O8. The third-order valence-corrected chi connectivity index (χ3v) is 3.62. The minimum atomic E-state index is -2.46. The highest BCUT2D eigenvalue weighted by molar-refractivity contribution is 6.39. The third-order valence-electron chi connectivity index (χ3n) is 3.62. The van der Waals surface area contributed by atoms with Gasteiger partial charge in [-0.3, -0.25) is 19.7 Å². The van der Waals surface area contributed by atoms with Crippen LogP contribution < -0.4 is 5.73 Å². The molecule has 0 aliphatic rings. The predicted molar refractivity (Wildman–Crippen MR) is 79.8 cm³/mol. The fraction of sp³-hybridized carbons (Fsp3) is 0.429. The number of non-ortho nitro benzene ring substituents is 1. The molecule has 24 heavy (non-hydrogen) atoms. The summed E-state index contributed by atoms with van der Waals surface area (Å²) in [6.07, 6.45) is -6.02. The number of hydrogen-bond acceptors (Lipinski definition) is 9. The molecule has 0 radical (unpaired) electrons. The molecule has 0 spiro atoms. The number of rotatable bonds is 8. The zero-order chi connectivity index (χ0) is 18.7. The van der Waals surface area contributed by atoms with Gasteiger partial charge in [-0.15, -0.1) is 0 Å². The van der Waals surface area contributed by atoms with Crippen LogP contribution in [0.4, 0.5) is 5.69 Å². The Kier molecular flexibility index (Phi) is 6.23. The smallest absolute Gasteiger partial charge is 0.269 e. The fourth-order valence-corrected chi connectivity index (χ4v) is 2.17. The van der Waals surface area contributed by atoms with Gasteiger partial charge in [-0.2, -0.15) is 0 Å². The number of nitro groups is 1. The Hall–Kier alpha value is -2.24. The highest BCUT2D eigenvalue weighted by Gasteiger charge is 2.49. The van der Waals surface area contributed by atoms with Crippen LogP contribution in [0.1, 0.15) is 12.5 Å². The van der Waals surface area contributed by atoms with Crippen molar-refractivity contribution in [1.29, 1.82) is 0 Å². The molecule has 0 heterocycles. The van der Waals surface area contributed by atoms with Crippen molar-refractivity contribution < 1.29 is 34.9 Å². The molecule has 4 atom stereocenters. The summed E-state index contributed by atoms with van der Waals surface area (Å²) in [5.41, 5.74) is 2.93. The maximum atomic E-state index is 12.2. The van der Waals surface area contributed by atoms with E-state index >= 15 is 0 Å². The number of aliphatic hydroxyl groups excluding tert-OH is 4. The van der Waals surface area contributed by atoms with Crippen molar-refractivity contribution in [2.24, 2.45) is 5.73 Å². The van der Waals surface area contributed by atoms with Gasteiger partial charge in [0, 0.05) is 19.1 Å². The number of hydrogen-bond donors (Lipinski definition) is 5. The van der Waals surface area contributed by atoms with Crippen molar-refractivity contribution in [3.63, 3.8) is 0 Å². The quantitative estimate of drug-likeness (QED) is 0.202. The lowest BCUT2D eigenvalue weighted by molar-refractivity contribution is -0.384. The van der Waals surface area contributed by atoms with Crippen LogP contribution in [-0.2, 0) is 15.1 Å². The lowest BCUT2D eigenvalue weighted by Crippen LogP contribution is -2.62. The standard InChI is InChI=1S/C14H18N2O8/c1-7(18)12(21)14(15,13(22)11(20)10(19)6-17)8-2-4-9(5-3-8)16(23)24/h2-5,10-11,13,17,19-20,22H,6,15H2,1H3/t10-,11-,13+,14+/m1/s1. The van der Waals surface area contributed by atoms with Crippen molar-refractivity contribution in [2.45, 2.75) is 30.8 Å². The van der Waals surface area contributed by atoms with E-state index in [1.807, 2.05) is 0 Å². The van der Waals surface area contributed by atoms with Crippen molar-refractivity contribution >= 4 is 17.3 Å². The van der Waals surface area contributed by atoms with Crippen molar-refractivity contribution in [1.82, 2.24) is 0 Å². The SMILES string of the molecule is CC(=O)C(=O)[C@@](N)(c1ccc([N+](=O)[O-])cc1)[C@@H](O)[C@H](O)[C@H](O)CO. The lowest BCUT2D eigenvalue weighted by Gasteiger charge is -2.36. The molecule has 0 amide bonds. The summed E-state index contributed by atoms with van der Waals surface area (Å²) in [6.45, 7) is -0.0280. The normalized spacial score (nSPS) is 17.4. The molecule has 10 heteroatoms. The molecule has 6 N–H and O–H groups in total. The topological polar surface area (TPSA) is 184 Å². The molecule has 0 bridgehead atoms. The Morgan fingerprint density at radius 3 is 2.12 bits per heavy atom.